The topological polar surface area (TPSA) is 21.7 Å². The molecule has 4 heteroatoms. The maximum atomic E-state index is 5.90. The van der Waals surface area contributed by atoms with E-state index in [-0.39, 0.29) is 18.3 Å². The lowest BCUT2D eigenvalue weighted by atomic mass is 9.90. The Hall–Kier alpha value is -0.315. The molecular weight excluding hydrogens is 213 g/mol. The number of hydrogen-bond donors (Lipinski definition) is 0. The van der Waals surface area contributed by atoms with Crippen molar-refractivity contribution in [2.45, 2.75) is 51.7 Å². The first-order valence-corrected chi connectivity index (χ1v) is 6.65. The van der Waals surface area contributed by atoms with Crippen molar-refractivity contribution in [1.29, 1.82) is 0 Å². The van der Waals surface area contributed by atoms with Crippen molar-refractivity contribution in [3.05, 3.63) is 12.1 Å². The molecule has 2 saturated heterocycles. The molecule has 2 rings (SSSR count). The molecule has 0 aromatic heterocycles. The van der Waals surface area contributed by atoms with Crippen LogP contribution in [-0.2, 0) is 9.31 Å². The summed E-state index contributed by atoms with van der Waals surface area (Å²) in [6.45, 7) is 11.8. The summed E-state index contributed by atoms with van der Waals surface area (Å²) in [6.07, 6.45) is 4.85. The molecular formula is C13H24BNO2. The van der Waals surface area contributed by atoms with E-state index in [1.54, 1.807) is 0 Å². The van der Waals surface area contributed by atoms with Gasteiger partial charge in [0.15, 0.2) is 0 Å². The van der Waals surface area contributed by atoms with E-state index < -0.39 is 0 Å². The molecule has 17 heavy (non-hydrogen) atoms. The van der Waals surface area contributed by atoms with Crippen molar-refractivity contribution in [3.63, 3.8) is 0 Å². The van der Waals surface area contributed by atoms with Crippen LogP contribution in [0, 0.1) is 0 Å². The van der Waals surface area contributed by atoms with E-state index in [0.717, 1.165) is 6.54 Å². The van der Waals surface area contributed by atoms with Gasteiger partial charge in [0.2, 0.25) is 0 Å². The Kier molecular flexibility index (Phi) is 3.67. The van der Waals surface area contributed by atoms with Gasteiger partial charge in [-0.15, -0.1) is 0 Å². The average Bonchev–Trinajstić information content (AvgIpc) is 2.74. The minimum atomic E-state index is -0.227. The molecule has 0 unspecified atom stereocenters. The Morgan fingerprint density at radius 2 is 1.59 bits per heavy atom. The van der Waals surface area contributed by atoms with Crippen molar-refractivity contribution in [2.24, 2.45) is 0 Å². The van der Waals surface area contributed by atoms with Crippen molar-refractivity contribution in [1.82, 2.24) is 4.90 Å². The fourth-order valence-corrected chi connectivity index (χ4v) is 2.25. The summed E-state index contributed by atoms with van der Waals surface area (Å²) in [5, 5.41) is 0. The highest BCUT2D eigenvalue weighted by molar-refractivity contribution is 6.51. The van der Waals surface area contributed by atoms with Gasteiger partial charge in [-0.25, -0.2) is 0 Å². The van der Waals surface area contributed by atoms with Crippen LogP contribution in [0.15, 0.2) is 12.1 Å². The van der Waals surface area contributed by atoms with Gasteiger partial charge in [0, 0.05) is 6.54 Å². The lowest BCUT2D eigenvalue weighted by Crippen LogP contribution is -2.41. The molecule has 0 N–H and O–H groups in total. The number of rotatable bonds is 3. The zero-order valence-electron chi connectivity index (χ0n) is 11.5. The predicted octanol–water partition coefficient (Wildman–Crippen LogP) is 2.27. The van der Waals surface area contributed by atoms with Gasteiger partial charge < -0.3 is 9.31 Å². The molecule has 0 atom stereocenters. The summed E-state index contributed by atoms with van der Waals surface area (Å²) < 4.78 is 11.8. The van der Waals surface area contributed by atoms with Crippen molar-refractivity contribution < 1.29 is 9.31 Å². The molecule has 2 aliphatic heterocycles. The van der Waals surface area contributed by atoms with Crippen LogP contribution in [0.4, 0.5) is 0 Å². The van der Waals surface area contributed by atoms with Crippen LogP contribution in [0.25, 0.3) is 0 Å². The number of hydrogen-bond acceptors (Lipinski definition) is 3. The molecule has 0 spiro atoms. The molecule has 0 saturated carbocycles. The third-order valence-electron chi connectivity index (χ3n) is 4.13. The van der Waals surface area contributed by atoms with Crippen LogP contribution in [0.5, 0.6) is 0 Å². The van der Waals surface area contributed by atoms with Crippen molar-refractivity contribution in [2.75, 3.05) is 19.6 Å². The smallest absolute Gasteiger partial charge is 0.400 e. The third-order valence-corrected chi connectivity index (χ3v) is 4.13. The van der Waals surface area contributed by atoms with Crippen LogP contribution in [0.2, 0.25) is 0 Å². The van der Waals surface area contributed by atoms with Gasteiger partial charge >= 0.3 is 7.12 Å². The second-order valence-corrected chi connectivity index (χ2v) is 6.06. The standard InChI is InChI=1S/C13H24BNO2/c1-12(2)13(3,4)17-14(16-12)8-7-11-15-9-5-6-10-15/h7-8H,5-6,9-11H2,1-4H3. The monoisotopic (exact) mass is 237 g/mol. The second-order valence-electron chi connectivity index (χ2n) is 6.06. The first kappa shape index (κ1) is 13.1. The minimum absolute atomic E-state index is 0.192. The Labute approximate surface area is 105 Å². The highest BCUT2D eigenvalue weighted by Crippen LogP contribution is 2.36. The average molecular weight is 237 g/mol. The maximum Gasteiger partial charge on any atom is 0.486 e. The van der Waals surface area contributed by atoms with E-state index in [0.29, 0.717) is 0 Å². The Morgan fingerprint density at radius 3 is 2.12 bits per heavy atom. The zero-order chi connectivity index (χ0) is 12.5. The fraction of sp³-hybridized carbons (Fsp3) is 0.846. The Balaban J connectivity index is 1.82. The first-order chi connectivity index (χ1) is 7.91. The molecule has 0 amide bonds. The van der Waals surface area contributed by atoms with Crippen LogP contribution >= 0.6 is 0 Å². The first-order valence-electron chi connectivity index (χ1n) is 6.65. The molecule has 2 aliphatic rings. The molecule has 2 fully saturated rings. The minimum Gasteiger partial charge on any atom is -0.400 e. The summed E-state index contributed by atoms with van der Waals surface area (Å²) in [6, 6.07) is 0. The van der Waals surface area contributed by atoms with Gasteiger partial charge in [0.05, 0.1) is 11.2 Å². The predicted molar refractivity (Wildman–Crippen MR) is 70.9 cm³/mol. The van der Waals surface area contributed by atoms with E-state index >= 15 is 0 Å². The van der Waals surface area contributed by atoms with Gasteiger partial charge in [-0.05, 0) is 53.6 Å². The summed E-state index contributed by atoms with van der Waals surface area (Å²) >= 11 is 0. The van der Waals surface area contributed by atoms with E-state index in [1.807, 2.05) is 0 Å². The van der Waals surface area contributed by atoms with E-state index in [4.69, 9.17) is 9.31 Å². The van der Waals surface area contributed by atoms with Crippen LogP contribution in [-0.4, -0.2) is 42.9 Å². The zero-order valence-corrected chi connectivity index (χ0v) is 11.5. The molecule has 0 bridgehead atoms. The summed E-state index contributed by atoms with van der Waals surface area (Å²) in [5.41, 5.74) is -0.453. The molecule has 0 aromatic carbocycles. The third kappa shape index (κ3) is 2.93. The molecule has 0 radical (unpaired) electrons. The van der Waals surface area contributed by atoms with Gasteiger partial charge in [0.1, 0.15) is 0 Å². The molecule has 0 aromatic rings. The van der Waals surface area contributed by atoms with Crippen LogP contribution in [0.1, 0.15) is 40.5 Å². The Bertz CT molecular complexity index is 280. The highest BCUT2D eigenvalue weighted by atomic mass is 16.7. The normalized spacial score (nSPS) is 28.4. The molecule has 96 valence electrons. The van der Waals surface area contributed by atoms with Crippen LogP contribution < -0.4 is 0 Å². The largest absolute Gasteiger partial charge is 0.486 e. The van der Waals surface area contributed by atoms with Gasteiger partial charge in [-0.1, -0.05) is 12.1 Å². The number of likely N-dealkylation sites (tertiary alicyclic amines) is 1. The van der Waals surface area contributed by atoms with Gasteiger partial charge in [-0.3, -0.25) is 4.90 Å². The summed E-state index contributed by atoms with van der Waals surface area (Å²) in [4.78, 5) is 2.46. The second kappa shape index (κ2) is 4.75. The lowest BCUT2D eigenvalue weighted by Gasteiger charge is -2.32. The maximum absolute atomic E-state index is 5.90. The van der Waals surface area contributed by atoms with Gasteiger partial charge in [-0.2, -0.15) is 0 Å². The fourth-order valence-electron chi connectivity index (χ4n) is 2.25. The molecule has 2 heterocycles. The molecule has 3 nitrogen and oxygen atoms in total. The summed E-state index contributed by atoms with van der Waals surface area (Å²) in [5.74, 6) is 2.05. The quantitative estimate of drug-likeness (QED) is 0.703. The summed E-state index contributed by atoms with van der Waals surface area (Å²) in [7, 11) is -0.192. The number of nitrogens with zero attached hydrogens (tertiary/aromatic N) is 1. The van der Waals surface area contributed by atoms with Crippen molar-refractivity contribution >= 4 is 7.12 Å². The highest BCUT2D eigenvalue weighted by Gasteiger charge is 2.49. The van der Waals surface area contributed by atoms with Gasteiger partial charge in [0.25, 0.3) is 0 Å². The van der Waals surface area contributed by atoms with Crippen molar-refractivity contribution in [3.8, 4) is 0 Å². The lowest BCUT2D eigenvalue weighted by molar-refractivity contribution is 0.00578. The van der Waals surface area contributed by atoms with Crippen LogP contribution in [0.3, 0.4) is 0 Å². The van der Waals surface area contributed by atoms with E-state index in [1.165, 1.54) is 25.9 Å². The molecule has 0 aliphatic carbocycles. The van der Waals surface area contributed by atoms with E-state index in [9.17, 15) is 0 Å². The SMILES string of the molecule is CC1(C)OB(C=CCN2CCCC2)OC1(C)C. The Morgan fingerprint density at radius 1 is 1.06 bits per heavy atom. The van der Waals surface area contributed by atoms with E-state index in [2.05, 4.69) is 44.6 Å².